The van der Waals surface area contributed by atoms with Gasteiger partial charge in [-0.15, -0.1) is 0 Å². The quantitative estimate of drug-likeness (QED) is 0.115. The summed E-state index contributed by atoms with van der Waals surface area (Å²) in [4.78, 5) is 75.7. The second-order valence-corrected chi connectivity index (χ2v) is 12.0. The average molecular weight is 610 g/mol. The summed E-state index contributed by atoms with van der Waals surface area (Å²) in [6.45, 7) is 20.0. The number of carboxylic acids is 1. The van der Waals surface area contributed by atoms with Crippen LogP contribution in [0.4, 0.5) is 4.79 Å². The van der Waals surface area contributed by atoms with Gasteiger partial charge in [0, 0.05) is 6.42 Å². The molecule has 0 unspecified atom stereocenters. The zero-order valence-electron chi connectivity index (χ0n) is 26.4. The van der Waals surface area contributed by atoms with Gasteiger partial charge in [0.25, 0.3) is 0 Å². The van der Waals surface area contributed by atoms with Crippen molar-refractivity contribution in [2.75, 3.05) is 6.61 Å². The van der Waals surface area contributed by atoms with E-state index in [2.05, 4.69) is 29.1 Å². The highest BCUT2D eigenvalue weighted by Crippen LogP contribution is 2.13. The molecule has 4 N–H and O–H groups in total. The molecule has 0 aliphatic heterocycles. The van der Waals surface area contributed by atoms with Gasteiger partial charge < -0.3 is 35.3 Å². The Kier molecular flexibility index (Phi) is 16.0. The molecule has 0 saturated heterocycles. The number of allylic oxidation sites excluding steroid dienone is 2. The van der Waals surface area contributed by atoms with Gasteiger partial charge in [0.1, 0.15) is 35.9 Å². The number of ether oxygens (including phenoxy) is 3. The van der Waals surface area contributed by atoms with Gasteiger partial charge in [0.05, 0.1) is 6.42 Å². The third-order valence-electron chi connectivity index (χ3n) is 5.28. The minimum atomic E-state index is -1.56. The van der Waals surface area contributed by atoms with Crippen LogP contribution in [-0.4, -0.2) is 76.9 Å². The summed E-state index contributed by atoms with van der Waals surface area (Å²) in [6, 6.07) is -4.28. The lowest BCUT2D eigenvalue weighted by molar-refractivity contribution is -0.156. The Labute approximate surface area is 253 Å². The average Bonchev–Trinajstić information content (AvgIpc) is 2.84. The molecule has 0 spiro atoms. The molecule has 0 bridgehead atoms. The maximum Gasteiger partial charge on any atom is 0.408 e. The lowest BCUT2D eigenvalue weighted by Gasteiger charge is -2.26. The number of carboxylic acid groups (broad SMARTS) is 1. The van der Waals surface area contributed by atoms with E-state index in [0.717, 1.165) is 0 Å². The van der Waals surface area contributed by atoms with E-state index in [4.69, 9.17) is 14.2 Å². The molecular weight excluding hydrogens is 562 g/mol. The number of amides is 3. The molecule has 43 heavy (non-hydrogen) atoms. The minimum absolute atomic E-state index is 0.213. The Morgan fingerprint density at radius 2 is 1.35 bits per heavy atom. The lowest BCUT2D eigenvalue weighted by Crippen LogP contribution is -2.57. The second kappa shape index (κ2) is 17.7. The van der Waals surface area contributed by atoms with E-state index < -0.39 is 77.5 Å². The SMILES string of the molecule is C=C/C=C(\C=C)COC(=O)N[C@@H](CC(=O)OC(C)(C)C)C(=O)N[C@@H](CCC(=O)OC(C)(C)C)C(=O)N[C@H](C(=O)O)C(C)C. The van der Waals surface area contributed by atoms with Crippen molar-refractivity contribution in [3.8, 4) is 0 Å². The van der Waals surface area contributed by atoms with E-state index in [-0.39, 0.29) is 19.4 Å². The molecule has 13 nitrogen and oxygen atoms in total. The van der Waals surface area contributed by atoms with Crippen LogP contribution < -0.4 is 16.0 Å². The summed E-state index contributed by atoms with van der Waals surface area (Å²) in [7, 11) is 0. The molecule has 13 heteroatoms. The van der Waals surface area contributed by atoms with Crippen molar-refractivity contribution >= 4 is 35.8 Å². The van der Waals surface area contributed by atoms with Crippen LogP contribution in [0.15, 0.2) is 37.0 Å². The molecule has 0 aromatic rings. The summed E-state index contributed by atoms with van der Waals surface area (Å²) < 4.78 is 15.7. The summed E-state index contributed by atoms with van der Waals surface area (Å²) in [5, 5.41) is 16.6. The van der Waals surface area contributed by atoms with E-state index >= 15 is 0 Å². The van der Waals surface area contributed by atoms with Crippen molar-refractivity contribution in [3.63, 3.8) is 0 Å². The fourth-order valence-corrected chi connectivity index (χ4v) is 3.38. The minimum Gasteiger partial charge on any atom is -0.480 e. The van der Waals surface area contributed by atoms with Crippen LogP contribution in [0.1, 0.15) is 74.7 Å². The highest BCUT2D eigenvalue weighted by Gasteiger charge is 2.33. The Bertz CT molecular complexity index is 1070. The molecule has 0 aromatic carbocycles. The van der Waals surface area contributed by atoms with Crippen LogP contribution in [0, 0.1) is 5.92 Å². The maximum absolute atomic E-state index is 13.4. The molecule has 0 saturated carbocycles. The Balaban J connectivity index is 6.08. The molecule has 0 aromatic heterocycles. The lowest BCUT2D eigenvalue weighted by atomic mass is 10.0. The van der Waals surface area contributed by atoms with Crippen LogP contribution >= 0.6 is 0 Å². The number of rotatable bonds is 16. The molecule has 0 heterocycles. The largest absolute Gasteiger partial charge is 0.480 e. The Morgan fingerprint density at radius 1 is 0.814 bits per heavy atom. The van der Waals surface area contributed by atoms with E-state index in [1.54, 1.807) is 61.5 Å². The zero-order chi connectivity index (χ0) is 33.5. The van der Waals surface area contributed by atoms with Gasteiger partial charge in [-0.1, -0.05) is 45.2 Å². The third-order valence-corrected chi connectivity index (χ3v) is 5.28. The van der Waals surface area contributed by atoms with E-state index in [1.807, 2.05) is 0 Å². The second-order valence-electron chi connectivity index (χ2n) is 12.0. The monoisotopic (exact) mass is 609 g/mol. The number of carbonyl (C=O) groups is 6. The van der Waals surface area contributed by atoms with Gasteiger partial charge in [-0.3, -0.25) is 19.2 Å². The summed E-state index contributed by atoms with van der Waals surface area (Å²) >= 11 is 0. The molecule has 0 aliphatic rings. The number of carbonyl (C=O) groups excluding carboxylic acids is 5. The van der Waals surface area contributed by atoms with Crippen LogP contribution in [0.2, 0.25) is 0 Å². The van der Waals surface area contributed by atoms with Gasteiger partial charge >= 0.3 is 24.0 Å². The van der Waals surface area contributed by atoms with Crippen molar-refractivity contribution in [2.24, 2.45) is 5.92 Å². The van der Waals surface area contributed by atoms with Gasteiger partial charge in [0.15, 0.2) is 0 Å². The van der Waals surface area contributed by atoms with Crippen LogP contribution in [0.5, 0.6) is 0 Å². The first-order chi connectivity index (χ1) is 19.7. The van der Waals surface area contributed by atoms with Crippen LogP contribution in [0.25, 0.3) is 0 Å². The van der Waals surface area contributed by atoms with Gasteiger partial charge in [-0.2, -0.15) is 0 Å². The number of esters is 2. The first-order valence-corrected chi connectivity index (χ1v) is 13.8. The Morgan fingerprint density at radius 3 is 1.81 bits per heavy atom. The number of hydrogen-bond acceptors (Lipinski definition) is 9. The number of aliphatic carboxylic acids is 1. The van der Waals surface area contributed by atoms with Crippen molar-refractivity contribution < 1.29 is 48.1 Å². The van der Waals surface area contributed by atoms with Crippen LogP contribution in [0.3, 0.4) is 0 Å². The Hall–Kier alpha value is -4.16. The summed E-state index contributed by atoms with van der Waals surface area (Å²) in [5.41, 5.74) is -1.19. The predicted octanol–water partition coefficient (Wildman–Crippen LogP) is 2.94. The van der Waals surface area contributed by atoms with Crippen LogP contribution in [-0.2, 0) is 38.2 Å². The standard InChI is InChI=1S/C30H47N3O10/c1-11-13-19(12-2)17-41-28(40)32-21(16-23(35)43-30(8,9)10)26(37)31-20(14-15-22(34)42-29(5,6)7)25(36)33-24(18(3)4)27(38)39/h11-13,18,20-21,24H,1-2,14-17H2,3-10H3,(H,31,37)(H,32,40)(H,33,36)(H,38,39)/b19-13+/t20-,21-,24-/m0/s1. The molecule has 3 atom stereocenters. The fraction of sp³-hybridized carbons (Fsp3) is 0.600. The summed E-state index contributed by atoms with van der Waals surface area (Å²) in [6.07, 6.45) is 2.21. The van der Waals surface area contributed by atoms with Crippen molar-refractivity contribution in [1.29, 1.82) is 0 Å². The van der Waals surface area contributed by atoms with Gasteiger partial charge in [-0.05, 0) is 59.5 Å². The molecule has 0 rings (SSSR count). The molecule has 3 amide bonds. The number of hydrogen-bond donors (Lipinski definition) is 4. The van der Waals surface area contributed by atoms with Crippen molar-refractivity contribution in [2.45, 2.75) is 104 Å². The zero-order valence-corrected chi connectivity index (χ0v) is 26.4. The maximum atomic E-state index is 13.4. The topological polar surface area (TPSA) is 186 Å². The number of alkyl carbamates (subject to hydrolysis) is 1. The van der Waals surface area contributed by atoms with Crippen molar-refractivity contribution in [1.82, 2.24) is 16.0 Å². The molecule has 0 radical (unpaired) electrons. The third kappa shape index (κ3) is 17.4. The van der Waals surface area contributed by atoms with Crippen molar-refractivity contribution in [3.05, 3.63) is 37.0 Å². The highest BCUT2D eigenvalue weighted by atomic mass is 16.6. The van der Waals surface area contributed by atoms with E-state index in [1.165, 1.54) is 12.2 Å². The summed E-state index contributed by atoms with van der Waals surface area (Å²) in [5.74, 6) is -5.15. The molecular formula is C30H47N3O10. The molecule has 0 fully saturated rings. The first-order valence-electron chi connectivity index (χ1n) is 13.8. The normalized spacial score (nSPS) is 13.9. The fourth-order valence-electron chi connectivity index (χ4n) is 3.38. The number of nitrogens with one attached hydrogen (secondary N) is 3. The van der Waals surface area contributed by atoms with Gasteiger partial charge in [-0.25, -0.2) is 9.59 Å². The molecule has 242 valence electrons. The smallest absolute Gasteiger partial charge is 0.408 e. The van der Waals surface area contributed by atoms with E-state index in [0.29, 0.717) is 5.57 Å². The van der Waals surface area contributed by atoms with E-state index in [9.17, 15) is 33.9 Å². The van der Waals surface area contributed by atoms with Gasteiger partial charge in [0.2, 0.25) is 11.8 Å². The first kappa shape index (κ1) is 38.8. The highest BCUT2D eigenvalue weighted by molar-refractivity contribution is 5.94. The predicted molar refractivity (Wildman–Crippen MR) is 159 cm³/mol. The molecule has 0 aliphatic carbocycles.